The lowest BCUT2D eigenvalue weighted by atomic mass is 10.0. The molecule has 216 valence electrons. The van der Waals surface area contributed by atoms with E-state index in [0.29, 0.717) is 13.2 Å². The zero-order valence-corrected chi connectivity index (χ0v) is 23.7. The monoisotopic (exact) mass is 550 g/mol. The lowest BCUT2D eigenvalue weighted by Crippen LogP contribution is -2.30. The molecule has 3 rings (SSSR count). The van der Waals surface area contributed by atoms with Crippen molar-refractivity contribution in [2.75, 3.05) is 57.6 Å². The number of rotatable bonds is 15. The molecule has 0 radical (unpaired) electrons. The van der Waals surface area contributed by atoms with Crippen molar-refractivity contribution in [2.24, 2.45) is 11.7 Å². The summed E-state index contributed by atoms with van der Waals surface area (Å²) in [6, 6.07) is 14.2. The minimum atomic E-state index is -0.443. The third kappa shape index (κ3) is 10.3. The van der Waals surface area contributed by atoms with Crippen LogP contribution in [0, 0.1) is 17.2 Å². The topological polar surface area (TPSA) is 127 Å². The second kappa shape index (κ2) is 16.6. The van der Waals surface area contributed by atoms with E-state index in [2.05, 4.69) is 28.4 Å². The largest absolute Gasteiger partial charge is 0.463 e. The maximum atomic E-state index is 12.5. The molecule has 1 heterocycles. The van der Waals surface area contributed by atoms with E-state index in [-0.39, 0.29) is 56.3 Å². The van der Waals surface area contributed by atoms with Crippen molar-refractivity contribution in [3.8, 4) is 6.07 Å². The molecule has 0 spiro atoms. The molecule has 3 N–H and O–H groups in total. The van der Waals surface area contributed by atoms with E-state index in [9.17, 15) is 14.9 Å². The van der Waals surface area contributed by atoms with E-state index in [1.165, 1.54) is 24.9 Å². The van der Waals surface area contributed by atoms with Gasteiger partial charge in [0.05, 0.1) is 32.8 Å². The number of amides is 1. The number of hydrogen-bond acceptors (Lipinski definition) is 8. The first-order valence-corrected chi connectivity index (χ1v) is 14.1. The Bertz CT molecular complexity index is 1180. The third-order valence-electron chi connectivity index (χ3n) is 6.90. The molecular weight excluding hydrogens is 508 g/mol. The first-order chi connectivity index (χ1) is 19.4. The highest BCUT2D eigenvalue weighted by molar-refractivity contribution is 6.02. The predicted molar refractivity (Wildman–Crippen MR) is 157 cm³/mol. The van der Waals surface area contributed by atoms with Crippen molar-refractivity contribution in [2.45, 2.75) is 45.6 Å². The van der Waals surface area contributed by atoms with E-state index in [4.69, 9.17) is 19.9 Å². The van der Waals surface area contributed by atoms with Crippen LogP contribution in [0.25, 0.3) is 16.8 Å². The Morgan fingerprint density at radius 2 is 1.68 bits per heavy atom. The van der Waals surface area contributed by atoms with Crippen LogP contribution >= 0.6 is 0 Å². The Balaban J connectivity index is 1.33. The second-order valence-corrected chi connectivity index (χ2v) is 10.3. The molecule has 1 aliphatic rings. The molecule has 1 atom stereocenters. The Morgan fingerprint density at radius 3 is 2.40 bits per heavy atom. The number of carbonyl (C=O) groups is 2. The highest BCUT2D eigenvalue weighted by Gasteiger charge is 2.14. The smallest absolute Gasteiger partial charge is 0.307 e. The Kier molecular flexibility index (Phi) is 12.9. The fraction of sp³-hybridized carbons (Fsp3) is 0.516. The maximum Gasteiger partial charge on any atom is 0.307 e. The fourth-order valence-corrected chi connectivity index (χ4v) is 4.36. The third-order valence-corrected chi connectivity index (χ3v) is 6.90. The van der Waals surface area contributed by atoms with Gasteiger partial charge in [0.2, 0.25) is 0 Å². The number of nitriles is 1. The molecule has 9 nitrogen and oxygen atoms in total. The van der Waals surface area contributed by atoms with Gasteiger partial charge in [-0.15, -0.1) is 0 Å². The van der Waals surface area contributed by atoms with Gasteiger partial charge in [0.25, 0.3) is 5.91 Å². The summed E-state index contributed by atoms with van der Waals surface area (Å²) in [5, 5.41) is 14.4. The van der Waals surface area contributed by atoms with Crippen LogP contribution in [0.2, 0.25) is 0 Å². The van der Waals surface area contributed by atoms with Gasteiger partial charge in [-0.25, -0.2) is 0 Å². The minimum absolute atomic E-state index is 0.0384. The number of fused-ring (bicyclic) bond motifs is 1. The van der Waals surface area contributed by atoms with Gasteiger partial charge in [-0.3, -0.25) is 9.59 Å². The van der Waals surface area contributed by atoms with Gasteiger partial charge in [0.1, 0.15) is 18.2 Å². The van der Waals surface area contributed by atoms with E-state index >= 15 is 0 Å². The minimum Gasteiger partial charge on any atom is -0.463 e. The molecule has 2 aromatic rings. The van der Waals surface area contributed by atoms with Gasteiger partial charge in [0, 0.05) is 31.4 Å². The lowest BCUT2D eigenvalue weighted by Gasteiger charge is -2.29. The molecule has 1 amide bonds. The number of hydrogen-bond donors (Lipinski definition) is 2. The van der Waals surface area contributed by atoms with E-state index in [1.807, 2.05) is 38.1 Å². The molecule has 1 aliphatic heterocycles. The first-order valence-electron chi connectivity index (χ1n) is 14.1. The summed E-state index contributed by atoms with van der Waals surface area (Å²) in [6.45, 7) is 7.77. The molecule has 2 aromatic carbocycles. The van der Waals surface area contributed by atoms with Crippen LogP contribution in [0.1, 0.15) is 45.1 Å². The molecule has 0 unspecified atom stereocenters. The summed E-state index contributed by atoms with van der Waals surface area (Å²) in [5.74, 6) is -0.553. The summed E-state index contributed by atoms with van der Waals surface area (Å²) in [6.07, 6.45) is 5.56. The van der Waals surface area contributed by atoms with Crippen LogP contribution in [-0.4, -0.2) is 70.6 Å². The number of anilines is 1. The number of benzene rings is 2. The summed E-state index contributed by atoms with van der Waals surface area (Å²) < 4.78 is 15.9. The Hall–Kier alpha value is -3.45. The fourth-order valence-electron chi connectivity index (χ4n) is 4.36. The highest BCUT2D eigenvalue weighted by Crippen LogP contribution is 2.26. The standard InChI is InChI=1S/C31H42N4O5/c1-23(2)29(33)21-30(36)40-17-16-39-15-14-38-13-10-34-31(37)27(22-32)19-24-6-7-26-20-28(9-8-25(26)18-24)35-11-4-3-5-12-35/h6-9,18-20,23,29H,3-5,10-17,21,33H2,1-2H3,(H,34,37)/b27-19+/t29-/m1/s1. The molecule has 1 saturated heterocycles. The quantitative estimate of drug-likeness (QED) is 0.148. The van der Waals surface area contributed by atoms with Crippen LogP contribution in [0.15, 0.2) is 42.0 Å². The van der Waals surface area contributed by atoms with Gasteiger partial charge in [0.15, 0.2) is 0 Å². The molecule has 9 heteroatoms. The van der Waals surface area contributed by atoms with Crippen LogP contribution in [0.4, 0.5) is 5.69 Å². The Morgan fingerprint density at radius 1 is 1.00 bits per heavy atom. The molecule has 0 bridgehead atoms. The number of carbonyl (C=O) groups excluding carboxylic acids is 2. The maximum absolute atomic E-state index is 12.5. The number of esters is 1. The summed E-state index contributed by atoms with van der Waals surface area (Å²) in [7, 11) is 0. The normalized spacial score (nSPS) is 14.7. The van der Waals surface area contributed by atoms with Crippen molar-refractivity contribution >= 4 is 34.4 Å². The summed E-state index contributed by atoms with van der Waals surface area (Å²) in [4.78, 5) is 26.6. The number of nitrogens with zero attached hydrogens (tertiary/aromatic N) is 2. The van der Waals surface area contributed by atoms with Crippen LogP contribution < -0.4 is 16.0 Å². The second-order valence-electron chi connectivity index (χ2n) is 10.3. The van der Waals surface area contributed by atoms with Crippen molar-refractivity contribution in [1.29, 1.82) is 5.26 Å². The van der Waals surface area contributed by atoms with Crippen molar-refractivity contribution in [3.63, 3.8) is 0 Å². The zero-order chi connectivity index (χ0) is 28.7. The average Bonchev–Trinajstić information content (AvgIpc) is 2.96. The number of nitrogens with one attached hydrogen (secondary N) is 1. The van der Waals surface area contributed by atoms with Gasteiger partial charge in [-0.05, 0) is 65.8 Å². The number of piperidine rings is 1. The van der Waals surface area contributed by atoms with E-state index < -0.39 is 5.91 Å². The van der Waals surface area contributed by atoms with E-state index in [1.54, 1.807) is 6.08 Å². The molecule has 0 saturated carbocycles. The SMILES string of the molecule is CC(C)[C@H](N)CC(=O)OCCOCCOCCNC(=O)/C(C#N)=C/c1ccc2cc(N3CCCCC3)ccc2c1. The van der Waals surface area contributed by atoms with Crippen molar-refractivity contribution in [1.82, 2.24) is 5.32 Å². The molecule has 40 heavy (non-hydrogen) atoms. The number of ether oxygens (including phenoxy) is 3. The van der Waals surface area contributed by atoms with Crippen LogP contribution in [0.3, 0.4) is 0 Å². The summed E-state index contributed by atoms with van der Waals surface area (Å²) >= 11 is 0. The zero-order valence-electron chi connectivity index (χ0n) is 23.7. The van der Waals surface area contributed by atoms with Crippen LogP contribution in [0.5, 0.6) is 0 Å². The van der Waals surface area contributed by atoms with Crippen LogP contribution in [-0.2, 0) is 23.8 Å². The molecular formula is C31H42N4O5. The van der Waals surface area contributed by atoms with Gasteiger partial charge < -0.3 is 30.2 Å². The lowest BCUT2D eigenvalue weighted by molar-refractivity contribution is -0.146. The van der Waals surface area contributed by atoms with Gasteiger partial charge in [-0.2, -0.15) is 5.26 Å². The van der Waals surface area contributed by atoms with Gasteiger partial charge in [-0.1, -0.05) is 32.0 Å². The average molecular weight is 551 g/mol. The first kappa shape index (κ1) is 31.1. The van der Waals surface area contributed by atoms with Crippen molar-refractivity contribution in [3.05, 3.63) is 47.5 Å². The molecule has 0 aromatic heterocycles. The Labute approximate surface area is 237 Å². The van der Waals surface area contributed by atoms with Crippen molar-refractivity contribution < 1.29 is 23.8 Å². The highest BCUT2D eigenvalue weighted by atomic mass is 16.6. The van der Waals surface area contributed by atoms with Gasteiger partial charge >= 0.3 is 5.97 Å². The molecule has 0 aliphatic carbocycles. The van der Waals surface area contributed by atoms with E-state index in [0.717, 1.165) is 29.4 Å². The predicted octanol–water partition coefficient (Wildman–Crippen LogP) is 3.80. The molecule has 1 fully saturated rings. The summed E-state index contributed by atoms with van der Waals surface area (Å²) in [5.41, 5.74) is 7.93. The number of nitrogens with two attached hydrogens (primary N) is 1.